The van der Waals surface area contributed by atoms with E-state index in [1.165, 1.54) is 6.07 Å². The van der Waals surface area contributed by atoms with Crippen molar-refractivity contribution in [1.29, 1.82) is 0 Å². The van der Waals surface area contributed by atoms with Gasteiger partial charge < -0.3 is 15.7 Å². The highest BCUT2D eigenvalue weighted by Gasteiger charge is 2.28. The van der Waals surface area contributed by atoms with E-state index in [1.54, 1.807) is 0 Å². The Labute approximate surface area is 123 Å². The summed E-state index contributed by atoms with van der Waals surface area (Å²) in [7, 11) is 0. The van der Waals surface area contributed by atoms with E-state index >= 15 is 0 Å². The van der Waals surface area contributed by atoms with Crippen LogP contribution in [-0.2, 0) is 9.59 Å². The number of nitrogens with one attached hydrogen (secondary N) is 2. The third-order valence-corrected chi connectivity index (χ3v) is 3.78. The molecular formula is C11H9Cl3N2O3. The van der Waals surface area contributed by atoms with Crippen LogP contribution in [0.5, 0.6) is 5.75 Å². The maximum absolute atomic E-state index is 11.9. The average Bonchev–Trinajstić information content (AvgIpc) is 2.79. The number of carbonyl (C=O) groups excluding carboxylic acids is 2. The maximum Gasteiger partial charge on any atom is 0.247 e. The molecule has 102 valence electrons. The van der Waals surface area contributed by atoms with Crippen LogP contribution in [0.2, 0.25) is 15.1 Å². The standard InChI is InChI=1S/C11H9Cl3N2O3/c12-4-3-5(13)10(18)9(8(4)14)16-11(19)6-1-2-7(17)15-6/h3,6,18H,1-2H2,(H,15,17)(H,16,19)/t6-/m1/s1. The van der Waals surface area contributed by atoms with E-state index in [1.807, 2.05) is 0 Å². The second-order valence-corrected chi connectivity index (χ2v) is 5.22. The topological polar surface area (TPSA) is 78.4 Å². The Hall–Kier alpha value is -1.17. The maximum atomic E-state index is 11.9. The molecule has 5 nitrogen and oxygen atoms in total. The number of hydrogen-bond acceptors (Lipinski definition) is 3. The number of aromatic hydroxyl groups is 1. The van der Waals surface area contributed by atoms with Crippen LogP contribution in [0, 0.1) is 0 Å². The van der Waals surface area contributed by atoms with Crippen LogP contribution in [0.4, 0.5) is 5.69 Å². The molecule has 0 aliphatic carbocycles. The first-order chi connectivity index (χ1) is 8.90. The molecule has 1 aliphatic heterocycles. The fraction of sp³-hybridized carbons (Fsp3) is 0.273. The number of anilines is 1. The summed E-state index contributed by atoms with van der Waals surface area (Å²) in [6.45, 7) is 0. The lowest BCUT2D eigenvalue weighted by molar-refractivity contribution is -0.122. The number of rotatable bonds is 2. The van der Waals surface area contributed by atoms with Crippen molar-refractivity contribution in [1.82, 2.24) is 5.32 Å². The Morgan fingerprint density at radius 1 is 1.37 bits per heavy atom. The highest BCUT2D eigenvalue weighted by Crippen LogP contribution is 2.42. The molecule has 0 bridgehead atoms. The summed E-state index contributed by atoms with van der Waals surface area (Å²) in [5.41, 5.74) is -0.0645. The Morgan fingerprint density at radius 3 is 2.63 bits per heavy atom. The summed E-state index contributed by atoms with van der Waals surface area (Å²) in [6.07, 6.45) is 0.672. The van der Waals surface area contributed by atoms with Gasteiger partial charge in [-0.2, -0.15) is 0 Å². The predicted octanol–water partition coefficient (Wildman–Crippen LogP) is 2.57. The summed E-state index contributed by atoms with van der Waals surface area (Å²) in [5.74, 6) is -1.05. The smallest absolute Gasteiger partial charge is 0.247 e. The first-order valence-electron chi connectivity index (χ1n) is 5.37. The van der Waals surface area contributed by atoms with E-state index in [0.717, 1.165) is 0 Å². The number of carbonyl (C=O) groups is 2. The van der Waals surface area contributed by atoms with Crippen LogP contribution >= 0.6 is 34.8 Å². The van der Waals surface area contributed by atoms with E-state index in [-0.39, 0.29) is 38.8 Å². The summed E-state index contributed by atoms with van der Waals surface area (Å²) < 4.78 is 0. The van der Waals surface area contributed by atoms with Crippen molar-refractivity contribution in [2.45, 2.75) is 18.9 Å². The fourth-order valence-corrected chi connectivity index (χ4v) is 2.38. The van der Waals surface area contributed by atoms with Crippen molar-refractivity contribution in [2.24, 2.45) is 0 Å². The van der Waals surface area contributed by atoms with Gasteiger partial charge in [0.05, 0.1) is 15.1 Å². The molecule has 1 heterocycles. The third-order valence-electron chi connectivity index (χ3n) is 2.71. The molecule has 2 amide bonds. The van der Waals surface area contributed by atoms with Gasteiger partial charge in [0, 0.05) is 6.42 Å². The zero-order chi connectivity index (χ0) is 14.2. The van der Waals surface area contributed by atoms with E-state index in [0.29, 0.717) is 6.42 Å². The first kappa shape index (κ1) is 14.2. The van der Waals surface area contributed by atoms with Crippen molar-refractivity contribution < 1.29 is 14.7 Å². The highest BCUT2D eigenvalue weighted by molar-refractivity contribution is 6.46. The second-order valence-electron chi connectivity index (χ2n) is 4.03. The first-order valence-corrected chi connectivity index (χ1v) is 6.50. The van der Waals surface area contributed by atoms with Gasteiger partial charge in [-0.05, 0) is 12.5 Å². The molecule has 0 unspecified atom stereocenters. The summed E-state index contributed by atoms with van der Waals surface area (Å²) in [4.78, 5) is 22.9. The Balaban J connectivity index is 2.24. The SMILES string of the molecule is O=C1CC[C@H](C(=O)Nc2c(O)c(Cl)cc(Cl)c2Cl)N1. The lowest BCUT2D eigenvalue weighted by Gasteiger charge is -2.14. The van der Waals surface area contributed by atoms with Crippen LogP contribution < -0.4 is 10.6 Å². The van der Waals surface area contributed by atoms with Gasteiger partial charge in [0.15, 0.2) is 5.75 Å². The summed E-state index contributed by atoms with van der Waals surface area (Å²) >= 11 is 17.4. The van der Waals surface area contributed by atoms with Gasteiger partial charge in [-0.15, -0.1) is 0 Å². The molecule has 1 fully saturated rings. The molecule has 2 rings (SSSR count). The van der Waals surface area contributed by atoms with Crippen molar-refractivity contribution in [3.63, 3.8) is 0 Å². The Bertz CT molecular complexity index is 536. The van der Waals surface area contributed by atoms with Gasteiger partial charge in [-0.1, -0.05) is 34.8 Å². The number of phenols is 1. The third kappa shape index (κ3) is 2.88. The van der Waals surface area contributed by atoms with Gasteiger partial charge in [0.25, 0.3) is 0 Å². The molecule has 19 heavy (non-hydrogen) atoms. The second kappa shape index (κ2) is 5.45. The summed E-state index contributed by atoms with van der Waals surface area (Å²) in [6, 6.07) is 0.619. The molecule has 1 aromatic rings. The van der Waals surface area contributed by atoms with Crippen LogP contribution in [0.15, 0.2) is 6.07 Å². The largest absolute Gasteiger partial charge is 0.504 e. The number of benzene rings is 1. The van der Waals surface area contributed by atoms with Crippen LogP contribution in [0.25, 0.3) is 0 Å². The normalized spacial score (nSPS) is 18.3. The fourth-order valence-electron chi connectivity index (χ4n) is 1.72. The lowest BCUT2D eigenvalue weighted by atomic mass is 10.2. The minimum absolute atomic E-state index is 0.0127. The molecule has 1 aliphatic rings. The summed E-state index contributed by atoms with van der Waals surface area (Å²) in [5, 5.41) is 14.8. The molecule has 0 radical (unpaired) electrons. The van der Waals surface area contributed by atoms with Gasteiger partial charge in [0.2, 0.25) is 11.8 Å². The highest BCUT2D eigenvalue weighted by atomic mass is 35.5. The zero-order valence-corrected chi connectivity index (χ0v) is 11.7. The minimum Gasteiger partial charge on any atom is -0.504 e. The van der Waals surface area contributed by atoms with Gasteiger partial charge in [-0.3, -0.25) is 9.59 Å². The molecule has 1 saturated heterocycles. The molecule has 0 spiro atoms. The van der Waals surface area contributed by atoms with Crippen molar-refractivity contribution in [3.05, 3.63) is 21.1 Å². The van der Waals surface area contributed by atoms with Crippen molar-refractivity contribution in [2.75, 3.05) is 5.32 Å². The molecule has 0 aromatic heterocycles. The Morgan fingerprint density at radius 2 is 2.05 bits per heavy atom. The molecule has 0 saturated carbocycles. The lowest BCUT2D eigenvalue weighted by Crippen LogP contribution is -2.37. The monoisotopic (exact) mass is 322 g/mol. The molecule has 8 heteroatoms. The number of phenolic OH excluding ortho intramolecular Hbond substituents is 1. The van der Waals surface area contributed by atoms with Gasteiger partial charge in [-0.25, -0.2) is 0 Å². The quantitative estimate of drug-likeness (QED) is 0.578. The van der Waals surface area contributed by atoms with Gasteiger partial charge >= 0.3 is 0 Å². The number of amides is 2. The van der Waals surface area contributed by atoms with Crippen LogP contribution in [-0.4, -0.2) is 23.0 Å². The molecule has 1 atom stereocenters. The molecule has 3 N–H and O–H groups in total. The van der Waals surface area contributed by atoms with Crippen LogP contribution in [0.1, 0.15) is 12.8 Å². The Kier molecular flexibility index (Phi) is 4.08. The molecule has 1 aromatic carbocycles. The van der Waals surface area contributed by atoms with Crippen molar-refractivity contribution >= 4 is 52.3 Å². The van der Waals surface area contributed by atoms with Gasteiger partial charge in [0.1, 0.15) is 11.7 Å². The number of hydrogen-bond donors (Lipinski definition) is 3. The van der Waals surface area contributed by atoms with Crippen molar-refractivity contribution in [3.8, 4) is 5.75 Å². The number of halogens is 3. The zero-order valence-electron chi connectivity index (χ0n) is 9.47. The van der Waals surface area contributed by atoms with E-state index in [9.17, 15) is 14.7 Å². The van der Waals surface area contributed by atoms with E-state index in [2.05, 4.69) is 10.6 Å². The van der Waals surface area contributed by atoms with Crippen LogP contribution in [0.3, 0.4) is 0 Å². The van der Waals surface area contributed by atoms with E-state index < -0.39 is 11.9 Å². The average molecular weight is 324 g/mol. The predicted molar refractivity (Wildman–Crippen MR) is 72.9 cm³/mol. The minimum atomic E-state index is -0.652. The van der Waals surface area contributed by atoms with E-state index in [4.69, 9.17) is 34.8 Å². The molecular weight excluding hydrogens is 314 g/mol.